The molecule has 0 spiro atoms. The predicted molar refractivity (Wildman–Crippen MR) is 50.1 cm³/mol. The summed E-state index contributed by atoms with van der Waals surface area (Å²) >= 11 is 0. The second-order valence-corrected chi connectivity index (χ2v) is 6.43. The Kier molecular flexibility index (Phi) is 3.34. The van der Waals surface area contributed by atoms with E-state index in [1.54, 1.807) is 0 Å². The molecule has 15 heavy (non-hydrogen) atoms. The Bertz CT molecular complexity index is 384. The van der Waals surface area contributed by atoms with E-state index in [4.69, 9.17) is 19.6 Å². The second kappa shape index (κ2) is 4.05. The molecule has 6 N–H and O–H groups in total. The van der Waals surface area contributed by atoms with Gasteiger partial charge in [-0.1, -0.05) is 0 Å². The fourth-order valence-corrected chi connectivity index (χ4v) is 2.98. The van der Waals surface area contributed by atoms with E-state index in [2.05, 4.69) is 9.97 Å². The molecule has 0 atom stereocenters. The second-order valence-electron chi connectivity index (χ2n) is 2.63. The summed E-state index contributed by atoms with van der Waals surface area (Å²) in [5, 5.41) is 1.95. The zero-order valence-corrected chi connectivity index (χ0v) is 8.97. The first kappa shape index (κ1) is 12.4. The molecule has 0 aliphatic carbocycles. The quantitative estimate of drug-likeness (QED) is 0.393. The highest BCUT2D eigenvalue weighted by atomic mass is 31.2. The minimum Gasteiger partial charge on any atom is -0.332 e. The molecule has 11 heteroatoms. The summed E-state index contributed by atoms with van der Waals surface area (Å²) in [5.74, 6) is -0.133. The Balaban J connectivity index is 2.95. The van der Waals surface area contributed by atoms with Crippen molar-refractivity contribution in [3.8, 4) is 0 Å². The Hall–Kier alpha value is -0.690. The summed E-state index contributed by atoms with van der Waals surface area (Å²) in [6.07, 6.45) is 2.59. The lowest BCUT2D eigenvalue weighted by molar-refractivity contribution is 0.343. The fourth-order valence-electron chi connectivity index (χ4n) is 0.831. The highest BCUT2D eigenvalue weighted by molar-refractivity contribution is 7.71. The van der Waals surface area contributed by atoms with E-state index >= 15 is 0 Å². The van der Waals surface area contributed by atoms with Gasteiger partial charge in [-0.15, -0.1) is 0 Å². The molecular formula is C4H9N3O6P2. The summed E-state index contributed by atoms with van der Waals surface area (Å²) < 4.78 is 21.6. The van der Waals surface area contributed by atoms with Crippen LogP contribution < -0.4 is 5.32 Å². The predicted octanol–water partition coefficient (Wildman–Crippen LogP) is -0.539. The van der Waals surface area contributed by atoms with E-state index in [0.29, 0.717) is 0 Å². The molecule has 0 aromatic carbocycles. The van der Waals surface area contributed by atoms with Crippen molar-refractivity contribution in [2.24, 2.45) is 0 Å². The number of nitrogens with one attached hydrogen (secondary N) is 2. The van der Waals surface area contributed by atoms with Gasteiger partial charge in [-0.05, 0) is 0 Å². The minimum atomic E-state index is -4.97. The van der Waals surface area contributed by atoms with Gasteiger partial charge in [-0.3, -0.25) is 9.13 Å². The van der Waals surface area contributed by atoms with Crippen LogP contribution in [0.4, 0.5) is 5.95 Å². The van der Waals surface area contributed by atoms with Crippen LogP contribution in [-0.2, 0) is 9.13 Å². The van der Waals surface area contributed by atoms with Crippen LogP contribution in [0, 0.1) is 0 Å². The Morgan fingerprint density at radius 2 is 1.80 bits per heavy atom. The topological polar surface area (TPSA) is 156 Å². The van der Waals surface area contributed by atoms with E-state index in [0.717, 1.165) is 0 Å². The van der Waals surface area contributed by atoms with E-state index < -0.39 is 20.7 Å². The lowest BCUT2D eigenvalue weighted by atomic mass is 11.0. The zero-order chi connectivity index (χ0) is 11.7. The number of hydrogen-bond donors (Lipinski definition) is 6. The summed E-state index contributed by atoms with van der Waals surface area (Å²) in [6, 6.07) is 0. The highest BCUT2D eigenvalue weighted by Crippen LogP contribution is 2.59. The van der Waals surface area contributed by atoms with Gasteiger partial charge in [-0.25, -0.2) is 4.98 Å². The minimum absolute atomic E-state index is 0.133. The number of H-pyrrole nitrogens is 1. The molecule has 0 amide bonds. The van der Waals surface area contributed by atoms with Gasteiger partial charge in [0.2, 0.25) is 11.5 Å². The van der Waals surface area contributed by atoms with Gasteiger partial charge in [0.25, 0.3) is 0 Å². The monoisotopic (exact) mass is 257 g/mol. The van der Waals surface area contributed by atoms with Crippen LogP contribution in [0.2, 0.25) is 0 Å². The van der Waals surface area contributed by atoms with Crippen molar-refractivity contribution >= 4 is 21.1 Å². The zero-order valence-electron chi connectivity index (χ0n) is 7.18. The molecule has 0 unspecified atom stereocenters. The molecule has 0 fully saturated rings. The maximum absolute atomic E-state index is 10.8. The summed E-state index contributed by atoms with van der Waals surface area (Å²) in [5.41, 5.74) is -2.30. The first-order chi connectivity index (χ1) is 6.71. The van der Waals surface area contributed by atoms with Crippen LogP contribution in [0.5, 0.6) is 0 Å². The third-order valence-electron chi connectivity index (χ3n) is 1.40. The molecule has 0 saturated carbocycles. The van der Waals surface area contributed by atoms with Gasteiger partial charge in [-0.2, -0.15) is 0 Å². The van der Waals surface area contributed by atoms with Crippen molar-refractivity contribution in [1.82, 2.24) is 9.97 Å². The Morgan fingerprint density at radius 1 is 1.27 bits per heavy atom. The maximum Gasteiger partial charge on any atom is 0.360 e. The lowest BCUT2D eigenvalue weighted by Gasteiger charge is -2.19. The summed E-state index contributed by atoms with van der Waals surface area (Å²) in [6.45, 7) is 0. The number of anilines is 1. The normalized spacial score (nSPS) is 13.1. The maximum atomic E-state index is 10.8. The highest BCUT2D eigenvalue weighted by Gasteiger charge is 2.43. The molecule has 1 aromatic heterocycles. The molecule has 1 rings (SSSR count). The van der Waals surface area contributed by atoms with Crippen molar-refractivity contribution in [2.75, 3.05) is 5.32 Å². The Morgan fingerprint density at radius 3 is 2.13 bits per heavy atom. The van der Waals surface area contributed by atoms with Crippen molar-refractivity contribution in [1.29, 1.82) is 0 Å². The molecular weight excluding hydrogens is 248 g/mol. The van der Waals surface area contributed by atoms with Gasteiger partial charge in [0.1, 0.15) is 0 Å². The number of rotatable bonds is 4. The van der Waals surface area contributed by atoms with Crippen molar-refractivity contribution in [3.05, 3.63) is 12.4 Å². The third kappa shape index (κ3) is 3.42. The smallest absolute Gasteiger partial charge is 0.332 e. The Labute approximate surface area is 83.9 Å². The molecule has 1 aromatic rings. The van der Waals surface area contributed by atoms with E-state index in [1.165, 1.54) is 12.4 Å². The van der Waals surface area contributed by atoms with Crippen LogP contribution in [0.25, 0.3) is 0 Å². The van der Waals surface area contributed by atoms with E-state index in [1.807, 2.05) is 5.32 Å². The van der Waals surface area contributed by atoms with Crippen molar-refractivity contribution in [3.63, 3.8) is 0 Å². The number of aromatic nitrogens is 2. The van der Waals surface area contributed by atoms with Crippen LogP contribution in [-0.4, -0.2) is 35.1 Å². The first-order valence-electron chi connectivity index (χ1n) is 3.57. The number of nitrogens with zero attached hydrogens (tertiary/aromatic N) is 1. The molecule has 0 saturated heterocycles. The summed E-state index contributed by atoms with van der Waals surface area (Å²) in [4.78, 5) is 40.8. The fraction of sp³-hybridized carbons (Fsp3) is 0.250. The van der Waals surface area contributed by atoms with E-state index in [-0.39, 0.29) is 5.95 Å². The number of aromatic amines is 1. The van der Waals surface area contributed by atoms with Gasteiger partial charge in [0.05, 0.1) is 0 Å². The number of hydrogen-bond acceptors (Lipinski definition) is 4. The molecule has 1 heterocycles. The average Bonchev–Trinajstić information content (AvgIpc) is 2.46. The molecule has 0 bridgehead atoms. The molecule has 0 radical (unpaired) electrons. The van der Waals surface area contributed by atoms with Gasteiger partial charge in [0, 0.05) is 12.4 Å². The third-order valence-corrected chi connectivity index (χ3v) is 4.74. The standard InChI is InChI=1S/C4H9N3O6P2/c8-14(9,10)4(15(11,12)13)7-3-5-1-2-6-3/h1-2,4H,(H2,5,6,7)(H2,8,9,10)(H2,11,12,13). The molecule has 0 aliphatic heterocycles. The van der Waals surface area contributed by atoms with Crippen LogP contribution in [0.1, 0.15) is 0 Å². The largest absolute Gasteiger partial charge is 0.360 e. The average molecular weight is 257 g/mol. The van der Waals surface area contributed by atoms with Crippen LogP contribution in [0.3, 0.4) is 0 Å². The first-order valence-corrected chi connectivity index (χ1v) is 6.94. The van der Waals surface area contributed by atoms with Crippen molar-refractivity contribution < 1.29 is 28.7 Å². The van der Waals surface area contributed by atoms with Gasteiger partial charge >= 0.3 is 15.2 Å². The van der Waals surface area contributed by atoms with E-state index in [9.17, 15) is 9.13 Å². The molecule has 86 valence electrons. The lowest BCUT2D eigenvalue weighted by Crippen LogP contribution is -2.20. The van der Waals surface area contributed by atoms with Crippen LogP contribution >= 0.6 is 15.2 Å². The summed E-state index contributed by atoms with van der Waals surface area (Å²) in [7, 11) is -9.95. The van der Waals surface area contributed by atoms with Crippen LogP contribution in [0.15, 0.2) is 12.4 Å². The molecule has 0 aliphatic rings. The van der Waals surface area contributed by atoms with Gasteiger partial charge in [0.15, 0.2) is 0 Å². The van der Waals surface area contributed by atoms with Crippen molar-refractivity contribution in [2.45, 2.75) is 5.52 Å². The SMILES string of the molecule is O=P(O)(O)C(Nc1ncc[nH]1)P(=O)(O)O. The molecule has 9 nitrogen and oxygen atoms in total. The number of imidazole rings is 1. The van der Waals surface area contributed by atoms with Gasteiger partial charge < -0.3 is 29.9 Å².